The van der Waals surface area contributed by atoms with Gasteiger partial charge in [-0.15, -0.1) is 11.3 Å². The van der Waals surface area contributed by atoms with Crippen molar-refractivity contribution in [1.82, 2.24) is 4.57 Å². The maximum Gasteiger partial charge on any atom is 0.352 e. The summed E-state index contributed by atoms with van der Waals surface area (Å²) in [4.78, 5) is 24.7. The smallest absolute Gasteiger partial charge is 0.352 e. The second-order valence-electron chi connectivity index (χ2n) is 4.89. The Kier molecular flexibility index (Phi) is 6.51. The van der Waals surface area contributed by atoms with E-state index >= 15 is 0 Å². The van der Waals surface area contributed by atoms with Crippen molar-refractivity contribution >= 4 is 44.9 Å². The predicted molar refractivity (Wildman–Crippen MR) is 101 cm³/mol. The lowest BCUT2D eigenvalue weighted by Gasteiger charge is -2.00. The molecule has 0 aliphatic carbocycles. The summed E-state index contributed by atoms with van der Waals surface area (Å²) in [5.74, 6) is -0.763. The van der Waals surface area contributed by atoms with Gasteiger partial charge in [0.15, 0.2) is 5.57 Å². The van der Waals surface area contributed by atoms with E-state index in [0.717, 1.165) is 21.4 Å². The van der Waals surface area contributed by atoms with E-state index in [1.807, 2.05) is 30.3 Å². The molecule has 0 bridgehead atoms. The number of hydrogen-bond donors (Lipinski definition) is 0. The third-order valence-corrected chi connectivity index (χ3v) is 4.91. The van der Waals surface area contributed by atoms with Crippen molar-refractivity contribution in [2.45, 2.75) is 13.5 Å². The molecule has 0 amide bonds. The van der Waals surface area contributed by atoms with Crippen LogP contribution in [-0.4, -0.2) is 17.1 Å². The molecule has 0 spiro atoms. The van der Waals surface area contributed by atoms with Crippen LogP contribution in [-0.2, 0) is 16.1 Å². The SMILES string of the molecule is C=CCOC(=O)/C(C#N)=c1\s/c(=C\c2ccc(Br)cc2)c(=O)n1CC. The number of carbonyl (C=O) groups excluding carboxylic acids is 1. The first kappa shape index (κ1) is 18.9. The van der Waals surface area contributed by atoms with Crippen molar-refractivity contribution in [3.05, 3.63) is 66.5 Å². The van der Waals surface area contributed by atoms with Crippen molar-refractivity contribution < 1.29 is 9.53 Å². The summed E-state index contributed by atoms with van der Waals surface area (Å²) in [6, 6.07) is 9.33. The van der Waals surface area contributed by atoms with E-state index in [1.54, 1.807) is 13.0 Å². The Morgan fingerprint density at radius 2 is 2.12 bits per heavy atom. The molecule has 0 aliphatic heterocycles. The molecule has 25 heavy (non-hydrogen) atoms. The Balaban J connectivity index is 2.68. The van der Waals surface area contributed by atoms with E-state index in [2.05, 4.69) is 22.5 Å². The van der Waals surface area contributed by atoms with Gasteiger partial charge in [0, 0.05) is 11.0 Å². The molecule has 2 aromatic rings. The molecule has 0 saturated heterocycles. The zero-order valence-electron chi connectivity index (χ0n) is 13.5. The average Bonchev–Trinajstić information content (AvgIpc) is 2.91. The Morgan fingerprint density at radius 1 is 1.44 bits per heavy atom. The van der Waals surface area contributed by atoms with Crippen molar-refractivity contribution in [3.63, 3.8) is 0 Å². The van der Waals surface area contributed by atoms with E-state index in [0.29, 0.717) is 15.7 Å². The van der Waals surface area contributed by atoms with Crippen molar-refractivity contribution in [1.29, 1.82) is 5.26 Å². The van der Waals surface area contributed by atoms with Crippen LogP contribution in [0.4, 0.5) is 0 Å². The Hall–Kier alpha value is -2.43. The number of halogens is 1. The summed E-state index contributed by atoms with van der Waals surface area (Å²) in [5, 5.41) is 9.35. The van der Waals surface area contributed by atoms with E-state index in [1.165, 1.54) is 10.6 Å². The Morgan fingerprint density at radius 3 is 2.68 bits per heavy atom. The standard InChI is InChI=1S/C18H15BrN2O3S/c1-3-9-24-18(23)14(11-20)17-21(4-2)16(22)15(25-17)10-12-5-7-13(19)8-6-12/h3,5-8,10H,1,4,9H2,2H3/b15-10-,17-14-. The van der Waals surface area contributed by atoms with Gasteiger partial charge in [-0.3, -0.25) is 9.36 Å². The monoisotopic (exact) mass is 418 g/mol. The minimum absolute atomic E-state index is 0.00359. The van der Waals surface area contributed by atoms with Crippen molar-refractivity contribution in [2.75, 3.05) is 6.61 Å². The van der Waals surface area contributed by atoms with Gasteiger partial charge >= 0.3 is 5.97 Å². The molecule has 1 aromatic heterocycles. The normalized spacial score (nSPS) is 12.4. The maximum absolute atomic E-state index is 12.6. The molecule has 7 heteroatoms. The molecule has 0 unspecified atom stereocenters. The lowest BCUT2D eigenvalue weighted by molar-refractivity contribution is -0.135. The van der Waals surface area contributed by atoms with Gasteiger partial charge in [0.2, 0.25) is 0 Å². The van der Waals surface area contributed by atoms with E-state index in [-0.39, 0.29) is 17.7 Å². The second-order valence-corrected chi connectivity index (χ2v) is 6.84. The minimum Gasteiger partial charge on any atom is -0.457 e. The largest absolute Gasteiger partial charge is 0.457 e. The number of hydrogen-bond acceptors (Lipinski definition) is 5. The average molecular weight is 419 g/mol. The molecule has 0 saturated carbocycles. The maximum atomic E-state index is 12.6. The molecule has 1 aromatic carbocycles. The lowest BCUT2D eigenvalue weighted by Crippen LogP contribution is -2.32. The highest BCUT2D eigenvalue weighted by atomic mass is 79.9. The molecule has 1 heterocycles. The van der Waals surface area contributed by atoms with Crippen molar-refractivity contribution in [2.24, 2.45) is 0 Å². The molecular formula is C18H15BrN2O3S. The quantitative estimate of drug-likeness (QED) is 0.549. The van der Waals surface area contributed by atoms with Gasteiger partial charge in [-0.1, -0.05) is 40.7 Å². The second kappa shape index (κ2) is 8.60. The van der Waals surface area contributed by atoms with Crippen LogP contribution in [0.5, 0.6) is 0 Å². The van der Waals surface area contributed by atoms with Gasteiger partial charge in [-0.25, -0.2) is 4.79 Å². The summed E-state index contributed by atoms with van der Waals surface area (Å²) in [6.07, 6.45) is 3.15. The summed E-state index contributed by atoms with van der Waals surface area (Å²) < 4.78 is 8.03. The number of esters is 1. The number of nitrogens with zero attached hydrogens (tertiary/aromatic N) is 2. The molecule has 0 fully saturated rings. The van der Waals surface area contributed by atoms with Gasteiger partial charge in [-0.2, -0.15) is 5.26 Å². The highest BCUT2D eigenvalue weighted by Crippen LogP contribution is 2.10. The van der Waals surface area contributed by atoms with Crippen LogP contribution >= 0.6 is 27.3 Å². The van der Waals surface area contributed by atoms with Crippen LogP contribution in [0.15, 0.2) is 46.2 Å². The Bertz CT molecular complexity index is 1010. The predicted octanol–water partition coefficient (Wildman–Crippen LogP) is 1.92. The number of nitriles is 1. The zero-order valence-corrected chi connectivity index (χ0v) is 15.9. The van der Waals surface area contributed by atoms with Gasteiger partial charge in [0.25, 0.3) is 5.56 Å². The number of carbonyl (C=O) groups is 1. The van der Waals surface area contributed by atoms with Crippen LogP contribution in [0.3, 0.4) is 0 Å². The van der Waals surface area contributed by atoms with Gasteiger partial charge in [0.05, 0.1) is 4.53 Å². The molecule has 5 nitrogen and oxygen atoms in total. The molecule has 0 radical (unpaired) electrons. The highest BCUT2D eigenvalue weighted by molar-refractivity contribution is 9.10. The van der Waals surface area contributed by atoms with Crippen molar-refractivity contribution in [3.8, 4) is 6.07 Å². The van der Waals surface area contributed by atoms with Gasteiger partial charge in [-0.05, 0) is 30.7 Å². The lowest BCUT2D eigenvalue weighted by atomic mass is 10.2. The fourth-order valence-corrected chi connectivity index (χ4v) is 3.51. The van der Waals surface area contributed by atoms with E-state index < -0.39 is 5.97 Å². The van der Waals surface area contributed by atoms with Gasteiger partial charge < -0.3 is 4.74 Å². The molecule has 0 atom stereocenters. The Labute approximate surface area is 156 Å². The summed E-state index contributed by atoms with van der Waals surface area (Å²) in [7, 11) is 0. The molecule has 0 aliphatic rings. The first-order valence-electron chi connectivity index (χ1n) is 7.41. The topological polar surface area (TPSA) is 72.1 Å². The summed E-state index contributed by atoms with van der Waals surface area (Å²) >= 11 is 4.46. The first-order chi connectivity index (χ1) is 12.0. The molecule has 0 N–H and O–H groups in total. The summed E-state index contributed by atoms with van der Waals surface area (Å²) in [6.45, 7) is 5.60. The van der Waals surface area contributed by atoms with E-state index in [9.17, 15) is 14.9 Å². The number of thiazole rings is 1. The fraction of sp³-hybridized carbons (Fsp3) is 0.167. The first-order valence-corrected chi connectivity index (χ1v) is 9.02. The molecule has 128 valence electrons. The van der Waals surface area contributed by atoms with Gasteiger partial charge in [0.1, 0.15) is 17.3 Å². The number of benzene rings is 1. The van der Waals surface area contributed by atoms with Crippen LogP contribution < -0.4 is 14.8 Å². The molecular weight excluding hydrogens is 404 g/mol. The summed E-state index contributed by atoms with van der Waals surface area (Å²) in [5.41, 5.74) is 0.431. The minimum atomic E-state index is -0.763. The number of aromatic nitrogens is 1. The number of rotatable bonds is 5. The molecule has 2 rings (SSSR count). The van der Waals surface area contributed by atoms with Crippen LogP contribution in [0.2, 0.25) is 0 Å². The van der Waals surface area contributed by atoms with E-state index in [4.69, 9.17) is 4.74 Å². The van der Waals surface area contributed by atoms with Crippen LogP contribution in [0, 0.1) is 11.3 Å². The zero-order chi connectivity index (χ0) is 18.4. The third-order valence-electron chi connectivity index (χ3n) is 3.25. The van der Waals surface area contributed by atoms with Crippen LogP contribution in [0.1, 0.15) is 12.5 Å². The number of ether oxygens (including phenoxy) is 1. The third kappa shape index (κ3) is 4.35. The van der Waals surface area contributed by atoms with Crippen LogP contribution in [0.25, 0.3) is 11.6 Å². The highest BCUT2D eigenvalue weighted by Gasteiger charge is 2.16. The fourth-order valence-electron chi connectivity index (χ4n) is 2.09.